The summed E-state index contributed by atoms with van der Waals surface area (Å²) in [4.78, 5) is 34.5. The monoisotopic (exact) mass is 397 g/mol. The second kappa shape index (κ2) is 7.05. The Morgan fingerprint density at radius 2 is 2.00 bits per heavy atom. The van der Waals surface area contributed by atoms with E-state index >= 15 is 0 Å². The van der Waals surface area contributed by atoms with E-state index in [0.29, 0.717) is 38.9 Å². The number of benzene rings is 1. The molecule has 140 valence electrons. The third-order valence-corrected chi connectivity index (χ3v) is 4.14. The van der Waals surface area contributed by atoms with Gasteiger partial charge in [0.1, 0.15) is 5.82 Å². The minimum atomic E-state index is -1.19. The molecule has 0 saturated heterocycles. The second-order valence-corrected chi connectivity index (χ2v) is 6.14. The maximum atomic E-state index is 12.1. The van der Waals surface area contributed by atoms with E-state index in [1.54, 1.807) is 36.4 Å². The quantitative estimate of drug-likeness (QED) is 0.407. The molecule has 4 aromatic rings. The number of carbonyl (C=O) groups excluding carboxylic acids is 1. The molecule has 0 saturated carbocycles. The lowest BCUT2D eigenvalue weighted by molar-refractivity contribution is 0.0996. The number of fused-ring (bicyclic) bond motifs is 1. The number of halogens is 1. The van der Waals surface area contributed by atoms with Crippen molar-refractivity contribution in [1.29, 1.82) is 0 Å². The highest BCUT2D eigenvalue weighted by atomic mass is 35.5. The molecule has 4 N–H and O–H groups in total. The van der Waals surface area contributed by atoms with Crippen LogP contribution in [0.15, 0.2) is 53.3 Å². The molecule has 3 heterocycles. The number of pyridine rings is 1. The summed E-state index contributed by atoms with van der Waals surface area (Å²) >= 11 is 6.29. The number of hydrogen-bond acceptors (Lipinski definition) is 5. The normalized spacial score (nSPS) is 10.8. The smallest absolute Gasteiger partial charge is 0.409 e. The maximum Gasteiger partial charge on any atom is 0.409 e. The minimum Gasteiger partial charge on any atom is -0.465 e. The number of nitrogens with one attached hydrogen (secondary N) is 3. The zero-order chi connectivity index (χ0) is 19.7. The molecule has 9 nitrogen and oxygen atoms in total. The fourth-order valence-corrected chi connectivity index (χ4v) is 2.81. The van der Waals surface area contributed by atoms with E-state index in [2.05, 4.69) is 25.6 Å². The van der Waals surface area contributed by atoms with Crippen molar-refractivity contribution in [1.82, 2.24) is 15.0 Å². The second-order valence-electron chi connectivity index (χ2n) is 5.74. The van der Waals surface area contributed by atoms with Crippen LogP contribution in [-0.2, 0) is 0 Å². The Bertz CT molecular complexity index is 1190. The summed E-state index contributed by atoms with van der Waals surface area (Å²) in [6, 6.07) is 9.70. The van der Waals surface area contributed by atoms with Crippen molar-refractivity contribution in [3.8, 4) is 11.4 Å². The molecular formula is C18H12ClN5O4. The summed E-state index contributed by atoms with van der Waals surface area (Å²) in [7, 11) is 0. The van der Waals surface area contributed by atoms with E-state index in [9.17, 15) is 9.59 Å². The Morgan fingerprint density at radius 1 is 1.14 bits per heavy atom. The number of anilines is 2. The molecule has 4 rings (SSSR count). The van der Waals surface area contributed by atoms with Crippen molar-refractivity contribution >= 4 is 46.1 Å². The Morgan fingerprint density at radius 3 is 2.75 bits per heavy atom. The lowest BCUT2D eigenvalue weighted by atomic mass is 10.2. The topological polar surface area (TPSA) is 133 Å². The van der Waals surface area contributed by atoms with Gasteiger partial charge in [0.2, 0.25) is 0 Å². The lowest BCUT2D eigenvalue weighted by Crippen LogP contribution is -2.10. The molecule has 28 heavy (non-hydrogen) atoms. The number of nitrogens with zero attached hydrogens (tertiary/aromatic N) is 2. The average molecular weight is 398 g/mol. The highest BCUT2D eigenvalue weighted by Gasteiger charge is 2.14. The molecule has 0 aliphatic carbocycles. The van der Waals surface area contributed by atoms with E-state index < -0.39 is 12.0 Å². The van der Waals surface area contributed by atoms with E-state index in [1.807, 2.05) is 0 Å². The number of H-pyrrole nitrogens is 1. The van der Waals surface area contributed by atoms with Gasteiger partial charge in [0.15, 0.2) is 11.4 Å². The van der Waals surface area contributed by atoms with Crippen LogP contribution in [0, 0.1) is 0 Å². The van der Waals surface area contributed by atoms with Crippen LogP contribution in [0.25, 0.3) is 22.6 Å². The van der Waals surface area contributed by atoms with Gasteiger partial charge >= 0.3 is 6.09 Å². The molecule has 0 aliphatic rings. The van der Waals surface area contributed by atoms with Crippen LogP contribution in [0.5, 0.6) is 0 Å². The van der Waals surface area contributed by atoms with E-state index in [-0.39, 0.29) is 5.76 Å². The van der Waals surface area contributed by atoms with E-state index in [1.165, 1.54) is 12.5 Å². The standard InChI is InChI=1S/C18H12ClN5O4/c19-12-4-3-9(21-17(25)14-2-1-5-28-14)6-11(12)15-23-13-7-10(22-18(26)27)8-20-16(13)24-15/h1-8,22H,(H,21,25)(H,26,27)(H,20,23,24). The lowest BCUT2D eigenvalue weighted by Gasteiger charge is -2.07. The molecule has 0 bridgehead atoms. The van der Waals surface area contributed by atoms with Gasteiger partial charge in [0.05, 0.1) is 28.7 Å². The molecular weight excluding hydrogens is 386 g/mol. The van der Waals surface area contributed by atoms with E-state index in [4.69, 9.17) is 21.1 Å². The fourth-order valence-electron chi connectivity index (χ4n) is 2.60. The molecule has 0 spiro atoms. The predicted molar refractivity (Wildman–Crippen MR) is 103 cm³/mol. The van der Waals surface area contributed by atoms with E-state index in [0.717, 1.165) is 0 Å². The molecule has 0 unspecified atom stereocenters. The number of carboxylic acid groups (broad SMARTS) is 1. The number of carbonyl (C=O) groups is 2. The van der Waals surface area contributed by atoms with Crippen molar-refractivity contribution in [2.75, 3.05) is 10.6 Å². The van der Waals surface area contributed by atoms with Crippen molar-refractivity contribution in [2.24, 2.45) is 0 Å². The van der Waals surface area contributed by atoms with Crippen molar-refractivity contribution in [3.63, 3.8) is 0 Å². The summed E-state index contributed by atoms with van der Waals surface area (Å²) in [5.41, 5.74) is 2.28. The maximum absolute atomic E-state index is 12.1. The van der Waals surface area contributed by atoms with Crippen molar-refractivity contribution in [3.05, 3.63) is 59.6 Å². The summed E-state index contributed by atoms with van der Waals surface area (Å²) < 4.78 is 5.07. The first kappa shape index (κ1) is 17.6. The Hall–Kier alpha value is -3.85. The molecule has 1 aromatic carbocycles. The first-order valence-electron chi connectivity index (χ1n) is 8.00. The zero-order valence-corrected chi connectivity index (χ0v) is 14.8. The molecule has 0 atom stereocenters. The van der Waals surface area contributed by atoms with Gasteiger partial charge in [-0.3, -0.25) is 10.1 Å². The van der Waals surface area contributed by atoms with Gasteiger partial charge in [-0.1, -0.05) is 11.6 Å². The molecule has 0 fully saturated rings. The fraction of sp³-hybridized carbons (Fsp3) is 0. The summed E-state index contributed by atoms with van der Waals surface area (Å²) in [6.07, 6.45) is 1.59. The number of rotatable bonds is 4. The van der Waals surface area contributed by atoms with Crippen LogP contribution >= 0.6 is 11.6 Å². The Labute approximate surface area is 162 Å². The summed E-state index contributed by atoms with van der Waals surface area (Å²) in [6.45, 7) is 0. The number of imidazole rings is 1. The predicted octanol–water partition coefficient (Wildman–Crippen LogP) is 4.21. The number of aromatic nitrogens is 3. The number of furan rings is 1. The highest BCUT2D eigenvalue weighted by Crippen LogP contribution is 2.30. The molecule has 3 aromatic heterocycles. The SMILES string of the molecule is O=C(O)Nc1cnc2nc(-c3cc(NC(=O)c4ccco4)ccc3Cl)[nH]c2c1. The molecule has 0 radical (unpaired) electrons. The average Bonchev–Trinajstić information content (AvgIpc) is 3.32. The number of hydrogen-bond donors (Lipinski definition) is 4. The third kappa shape index (κ3) is 3.51. The van der Waals surface area contributed by atoms with Crippen LogP contribution in [0.4, 0.5) is 16.2 Å². The summed E-state index contributed by atoms with van der Waals surface area (Å²) in [5.74, 6) is 0.214. The minimum absolute atomic E-state index is 0.183. The van der Waals surface area contributed by atoms with Gasteiger partial charge in [-0.15, -0.1) is 0 Å². The van der Waals surface area contributed by atoms with Gasteiger partial charge < -0.3 is 19.8 Å². The van der Waals surface area contributed by atoms with Crippen LogP contribution in [0.1, 0.15) is 10.6 Å². The van der Waals surface area contributed by atoms with Crippen LogP contribution in [-0.4, -0.2) is 32.1 Å². The van der Waals surface area contributed by atoms with Gasteiger partial charge in [0.25, 0.3) is 5.91 Å². The van der Waals surface area contributed by atoms with Crippen LogP contribution in [0.2, 0.25) is 5.02 Å². The van der Waals surface area contributed by atoms with Gasteiger partial charge in [0, 0.05) is 11.3 Å². The summed E-state index contributed by atoms with van der Waals surface area (Å²) in [5, 5.41) is 14.2. The van der Waals surface area contributed by atoms with Crippen molar-refractivity contribution in [2.45, 2.75) is 0 Å². The third-order valence-electron chi connectivity index (χ3n) is 3.81. The Kier molecular flexibility index (Phi) is 4.42. The van der Waals surface area contributed by atoms with Gasteiger partial charge in [-0.2, -0.15) is 0 Å². The molecule has 2 amide bonds. The van der Waals surface area contributed by atoms with Crippen molar-refractivity contribution < 1.29 is 19.1 Å². The van der Waals surface area contributed by atoms with Gasteiger partial charge in [-0.05, 0) is 36.4 Å². The Balaban J connectivity index is 1.66. The molecule has 10 heteroatoms. The highest BCUT2D eigenvalue weighted by molar-refractivity contribution is 6.33. The number of amides is 2. The largest absolute Gasteiger partial charge is 0.465 e. The first-order chi connectivity index (χ1) is 13.5. The van der Waals surface area contributed by atoms with Crippen LogP contribution < -0.4 is 10.6 Å². The zero-order valence-electron chi connectivity index (χ0n) is 14.1. The first-order valence-corrected chi connectivity index (χ1v) is 8.38. The number of aromatic amines is 1. The van der Waals surface area contributed by atoms with Gasteiger partial charge in [-0.25, -0.2) is 14.8 Å². The molecule has 0 aliphatic heterocycles. The van der Waals surface area contributed by atoms with Crippen LogP contribution in [0.3, 0.4) is 0 Å².